The molecule has 5 nitrogen and oxygen atoms in total. The summed E-state index contributed by atoms with van der Waals surface area (Å²) in [7, 11) is 0. The Hall–Kier alpha value is -2.40. The number of nitro groups is 1. The Morgan fingerprint density at radius 2 is 1.81 bits per heavy atom. The summed E-state index contributed by atoms with van der Waals surface area (Å²) in [6.07, 6.45) is 0. The van der Waals surface area contributed by atoms with Crippen molar-refractivity contribution in [3.8, 4) is 5.75 Å². The minimum absolute atomic E-state index is 0.101. The van der Waals surface area contributed by atoms with E-state index in [1.165, 1.54) is 12.1 Å². The predicted molar refractivity (Wildman–Crippen MR) is 79.3 cm³/mol. The van der Waals surface area contributed by atoms with Crippen LogP contribution < -0.4 is 4.74 Å². The number of ether oxygens (including phenoxy) is 1. The zero-order valence-electron chi connectivity index (χ0n) is 12.0. The molecule has 1 N–H and O–H groups in total. The summed E-state index contributed by atoms with van der Waals surface area (Å²) in [5.41, 5.74) is 3.51. The average Bonchev–Trinajstić information content (AvgIpc) is 2.43. The lowest BCUT2D eigenvalue weighted by molar-refractivity contribution is -0.385. The van der Waals surface area contributed by atoms with Crippen LogP contribution in [0, 0.1) is 24.0 Å². The lowest BCUT2D eigenvalue weighted by Gasteiger charge is -2.09. The molecule has 0 unspecified atom stereocenters. The molecule has 0 saturated carbocycles. The summed E-state index contributed by atoms with van der Waals surface area (Å²) in [5, 5.41) is 20.0. The monoisotopic (exact) mass is 287 g/mol. The summed E-state index contributed by atoms with van der Waals surface area (Å²) in [6.45, 7) is 4.03. The average molecular weight is 287 g/mol. The number of nitrogens with zero attached hydrogens (tertiary/aromatic N) is 1. The molecule has 21 heavy (non-hydrogen) atoms. The third-order valence-electron chi connectivity index (χ3n) is 3.10. The molecule has 5 heteroatoms. The van der Waals surface area contributed by atoms with Gasteiger partial charge in [-0.1, -0.05) is 29.3 Å². The van der Waals surface area contributed by atoms with Crippen molar-refractivity contribution in [3.05, 3.63) is 68.8 Å². The highest BCUT2D eigenvalue weighted by Gasteiger charge is 2.13. The summed E-state index contributed by atoms with van der Waals surface area (Å²) < 4.78 is 5.65. The van der Waals surface area contributed by atoms with Gasteiger partial charge in [-0.3, -0.25) is 10.1 Å². The van der Waals surface area contributed by atoms with Gasteiger partial charge in [-0.15, -0.1) is 0 Å². The molecule has 0 saturated heterocycles. The first-order chi connectivity index (χ1) is 9.99. The second kappa shape index (κ2) is 6.37. The fraction of sp³-hybridized carbons (Fsp3) is 0.250. The second-order valence-electron chi connectivity index (χ2n) is 4.99. The van der Waals surface area contributed by atoms with Crippen molar-refractivity contribution in [2.75, 3.05) is 0 Å². The standard InChI is InChI=1S/C16H17NO4/c1-11-5-12(2)7-13(6-11)10-21-15-3-4-16(17(19)20)14(8-15)9-18/h3-8,18H,9-10H2,1-2H3. The first kappa shape index (κ1) is 15.0. The molecule has 0 aromatic heterocycles. The predicted octanol–water partition coefficient (Wildman–Crippen LogP) is 3.28. The summed E-state index contributed by atoms with van der Waals surface area (Å²) in [6, 6.07) is 10.5. The van der Waals surface area contributed by atoms with E-state index in [1.54, 1.807) is 6.07 Å². The SMILES string of the molecule is Cc1cc(C)cc(COc2ccc([N+](=O)[O-])c(CO)c2)c1. The van der Waals surface area contributed by atoms with Gasteiger partial charge in [0.2, 0.25) is 0 Å². The molecule has 0 aliphatic carbocycles. The van der Waals surface area contributed by atoms with E-state index in [9.17, 15) is 15.2 Å². The van der Waals surface area contributed by atoms with Gasteiger partial charge < -0.3 is 9.84 Å². The van der Waals surface area contributed by atoms with E-state index in [4.69, 9.17) is 4.74 Å². The zero-order valence-corrected chi connectivity index (χ0v) is 12.0. The van der Waals surface area contributed by atoms with E-state index < -0.39 is 11.5 Å². The Balaban J connectivity index is 2.14. The quantitative estimate of drug-likeness (QED) is 0.676. The lowest BCUT2D eigenvalue weighted by atomic mass is 10.1. The van der Waals surface area contributed by atoms with E-state index in [0.29, 0.717) is 12.4 Å². The highest BCUT2D eigenvalue weighted by atomic mass is 16.6. The molecule has 2 rings (SSSR count). The van der Waals surface area contributed by atoms with Crippen LogP contribution in [0.3, 0.4) is 0 Å². The van der Waals surface area contributed by atoms with Gasteiger partial charge in [0, 0.05) is 6.07 Å². The Kier molecular flexibility index (Phi) is 4.55. The third kappa shape index (κ3) is 3.79. The highest BCUT2D eigenvalue weighted by molar-refractivity contribution is 5.45. The van der Waals surface area contributed by atoms with Gasteiger partial charge >= 0.3 is 0 Å². The van der Waals surface area contributed by atoms with Crippen LogP contribution in [0.2, 0.25) is 0 Å². The molecule has 0 bridgehead atoms. The summed E-state index contributed by atoms with van der Waals surface area (Å²) in [4.78, 5) is 10.3. The van der Waals surface area contributed by atoms with Crippen LogP contribution in [0.15, 0.2) is 36.4 Å². The molecule has 0 radical (unpaired) electrons. The van der Waals surface area contributed by atoms with Gasteiger partial charge in [-0.05, 0) is 31.5 Å². The maximum atomic E-state index is 10.8. The Morgan fingerprint density at radius 3 is 2.38 bits per heavy atom. The third-order valence-corrected chi connectivity index (χ3v) is 3.10. The Bertz CT molecular complexity index is 647. The topological polar surface area (TPSA) is 72.6 Å². The van der Waals surface area contributed by atoms with Gasteiger partial charge in [-0.2, -0.15) is 0 Å². The maximum Gasteiger partial charge on any atom is 0.275 e. The van der Waals surface area contributed by atoms with Crippen molar-refractivity contribution in [2.24, 2.45) is 0 Å². The largest absolute Gasteiger partial charge is 0.489 e. The molecule has 0 atom stereocenters. The molecular formula is C16H17NO4. The van der Waals surface area contributed by atoms with Crippen molar-refractivity contribution in [2.45, 2.75) is 27.1 Å². The minimum Gasteiger partial charge on any atom is -0.489 e. The van der Waals surface area contributed by atoms with E-state index in [1.807, 2.05) is 26.0 Å². The van der Waals surface area contributed by atoms with Crippen molar-refractivity contribution in [3.63, 3.8) is 0 Å². The molecule has 0 heterocycles. The van der Waals surface area contributed by atoms with Crippen LogP contribution in [0.4, 0.5) is 5.69 Å². The summed E-state index contributed by atoms with van der Waals surface area (Å²) in [5.74, 6) is 0.504. The van der Waals surface area contributed by atoms with Crippen molar-refractivity contribution < 1.29 is 14.8 Å². The molecule has 2 aromatic carbocycles. The number of aryl methyl sites for hydroxylation is 2. The summed E-state index contributed by atoms with van der Waals surface area (Å²) >= 11 is 0. The minimum atomic E-state index is -0.515. The normalized spacial score (nSPS) is 10.4. The molecule has 0 aliphatic heterocycles. The fourth-order valence-corrected chi connectivity index (χ4v) is 2.28. The van der Waals surface area contributed by atoms with Crippen LogP contribution in [0.25, 0.3) is 0 Å². The van der Waals surface area contributed by atoms with E-state index in [2.05, 4.69) is 6.07 Å². The van der Waals surface area contributed by atoms with Crippen LogP contribution in [-0.2, 0) is 13.2 Å². The van der Waals surface area contributed by atoms with Gasteiger partial charge in [0.1, 0.15) is 12.4 Å². The second-order valence-corrected chi connectivity index (χ2v) is 4.99. The van der Waals surface area contributed by atoms with Gasteiger partial charge in [0.05, 0.1) is 17.1 Å². The van der Waals surface area contributed by atoms with Crippen LogP contribution in [0.1, 0.15) is 22.3 Å². The first-order valence-corrected chi connectivity index (χ1v) is 6.57. The molecule has 110 valence electrons. The molecule has 2 aromatic rings. The smallest absolute Gasteiger partial charge is 0.275 e. The maximum absolute atomic E-state index is 10.8. The van der Waals surface area contributed by atoms with E-state index >= 15 is 0 Å². The Labute approximate surface area is 123 Å². The molecule has 0 spiro atoms. The van der Waals surface area contributed by atoms with Gasteiger partial charge in [0.25, 0.3) is 5.69 Å². The number of hydrogen-bond donors (Lipinski definition) is 1. The van der Waals surface area contributed by atoms with E-state index in [0.717, 1.165) is 16.7 Å². The number of aliphatic hydroxyl groups is 1. The van der Waals surface area contributed by atoms with Crippen LogP contribution in [0.5, 0.6) is 5.75 Å². The van der Waals surface area contributed by atoms with Gasteiger partial charge in [0.15, 0.2) is 0 Å². The number of benzene rings is 2. The van der Waals surface area contributed by atoms with Crippen molar-refractivity contribution >= 4 is 5.69 Å². The van der Waals surface area contributed by atoms with Gasteiger partial charge in [-0.25, -0.2) is 0 Å². The van der Waals surface area contributed by atoms with Crippen LogP contribution >= 0.6 is 0 Å². The molecule has 0 fully saturated rings. The molecular weight excluding hydrogens is 270 g/mol. The number of hydrogen-bond acceptors (Lipinski definition) is 4. The van der Waals surface area contributed by atoms with E-state index in [-0.39, 0.29) is 11.3 Å². The number of rotatable bonds is 5. The van der Waals surface area contributed by atoms with Crippen molar-refractivity contribution in [1.82, 2.24) is 0 Å². The molecule has 0 aliphatic rings. The van der Waals surface area contributed by atoms with Crippen molar-refractivity contribution in [1.29, 1.82) is 0 Å². The number of nitro benzene ring substituents is 1. The zero-order chi connectivity index (χ0) is 15.4. The first-order valence-electron chi connectivity index (χ1n) is 6.57. The number of aliphatic hydroxyl groups excluding tert-OH is 1. The highest BCUT2D eigenvalue weighted by Crippen LogP contribution is 2.24. The molecule has 0 amide bonds. The van der Waals surface area contributed by atoms with Crippen LogP contribution in [-0.4, -0.2) is 10.0 Å². The lowest BCUT2D eigenvalue weighted by Crippen LogP contribution is -1.99. The fourth-order valence-electron chi connectivity index (χ4n) is 2.28. The Morgan fingerprint density at radius 1 is 1.14 bits per heavy atom.